The van der Waals surface area contributed by atoms with Gasteiger partial charge in [0, 0.05) is 6.61 Å². The molecule has 0 aliphatic heterocycles. The van der Waals surface area contributed by atoms with Crippen LogP contribution in [0.3, 0.4) is 0 Å². The SMILES string of the molecule is CCOC(C)(CC)c1n[nH]c(CN)n1. The van der Waals surface area contributed by atoms with Gasteiger partial charge in [0.05, 0.1) is 6.54 Å². The van der Waals surface area contributed by atoms with E-state index in [2.05, 4.69) is 15.2 Å². The summed E-state index contributed by atoms with van der Waals surface area (Å²) in [5.41, 5.74) is 5.04. The summed E-state index contributed by atoms with van der Waals surface area (Å²) >= 11 is 0. The zero-order valence-electron chi connectivity index (χ0n) is 9.00. The highest BCUT2D eigenvalue weighted by Crippen LogP contribution is 2.25. The Morgan fingerprint density at radius 2 is 2.21 bits per heavy atom. The summed E-state index contributed by atoms with van der Waals surface area (Å²) in [7, 11) is 0. The Bertz CT molecular complexity index is 286. The highest BCUT2D eigenvalue weighted by molar-refractivity contribution is 5.00. The van der Waals surface area contributed by atoms with E-state index in [9.17, 15) is 0 Å². The lowest BCUT2D eigenvalue weighted by molar-refractivity contribution is -0.0388. The second-order valence-electron chi connectivity index (χ2n) is 3.33. The maximum atomic E-state index is 5.64. The first kappa shape index (κ1) is 11.1. The molecule has 1 rings (SSSR count). The Hall–Kier alpha value is -0.940. The summed E-state index contributed by atoms with van der Waals surface area (Å²) in [5, 5.41) is 6.90. The second-order valence-corrected chi connectivity index (χ2v) is 3.33. The number of nitrogens with one attached hydrogen (secondary N) is 1. The zero-order chi connectivity index (χ0) is 10.6. The van der Waals surface area contributed by atoms with Gasteiger partial charge in [-0.05, 0) is 20.3 Å². The molecule has 0 spiro atoms. The van der Waals surface area contributed by atoms with E-state index in [1.165, 1.54) is 0 Å². The monoisotopic (exact) mass is 198 g/mol. The van der Waals surface area contributed by atoms with Crippen LogP contribution >= 0.6 is 0 Å². The van der Waals surface area contributed by atoms with Crippen LogP contribution in [-0.2, 0) is 16.9 Å². The number of rotatable bonds is 5. The van der Waals surface area contributed by atoms with E-state index < -0.39 is 5.60 Å². The lowest BCUT2D eigenvalue weighted by atomic mass is 10.0. The van der Waals surface area contributed by atoms with Crippen molar-refractivity contribution in [1.29, 1.82) is 0 Å². The number of nitrogens with zero attached hydrogens (tertiary/aromatic N) is 2. The van der Waals surface area contributed by atoms with Crippen LogP contribution in [0.2, 0.25) is 0 Å². The normalized spacial score (nSPS) is 15.4. The van der Waals surface area contributed by atoms with Crippen molar-refractivity contribution in [3.8, 4) is 0 Å². The molecule has 0 aromatic carbocycles. The van der Waals surface area contributed by atoms with Gasteiger partial charge in [-0.15, -0.1) is 0 Å². The van der Waals surface area contributed by atoms with Crippen molar-refractivity contribution in [2.75, 3.05) is 6.61 Å². The Morgan fingerprint density at radius 1 is 1.50 bits per heavy atom. The minimum atomic E-state index is -0.404. The van der Waals surface area contributed by atoms with Crippen molar-refractivity contribution in [2.45, 2.75) is 39.3 Å². The van der Waals surface area contributed by atoms with Crippen molar-refractivity contribution in [3.63, 3.8) is 0 Å². The molecule has 0 amide bonds. The van der Waals surface area contributed by atoms with Gasteiger partial charge in [-0.3, -0.25) is 5.10 Å². The molecule has 80 valence electrons. The lowest BCUT2D eigenvalue weighted by Gasteiger charge is -2.24. The number of aromatic amines is 1. The van der Waals surface area contributed by atoms with Gasteiger partial charge in [-0.1, -0.05) is 6.92 Å². The Labute approximate surface area is 84.1 Å². The van der Waals surface area contributed by atoms with Crippen molar-refractivity contribution in [3.05, 3.63) is 11.6 Å². The van der Waals surface area contributed by atoms with Crippen molar-refractivity contribution >= 4 is 0 Å². The molecular formula is C9H18N4O. The number of hydrogen-bond donors (Lipinski definition) is 2. The molecule has 1 aromatic rings. The van der Waals surface area contributed by atoms with E-state index in [4.69, 9.17) is 10.5 Å². The maximum absolute atomic E-state index is 5.64. The third-order valence-corrected chi connectivity index (χ3v) is 2.34. The first-order valence-electron chi connectivity index (χ1n) is 4.92. The quantitative estimate of drug-likeness (QED) is 0.737. The molecule has 0 saturated heterocycles. The van der Waals surface area contributed by atoms with Gasteiger partial charge >= 0.3 is 0 Å². The van der Waals surface area contributed by atoms with E-state index in [-0.39, 0.29) is 0 Å². The van der Waals surface area contributed by atoms with E-state index in [1.807, 2.05) is 20.8 Å². The van der Waals surface area contributed by atoms with E-state index in [1.54, 1.807) is 0 Å². The lowest BCUT2D eigenvalue weighted by Crippen LogP contribution is -2.26. The number of nitrogens with two attached hydrogens (primary N) is 1. The van der Waals surface area contributed by atoms with Crippen molar-refractivity contribution in [1.82, 2.24) is 15.2 Å². The molecule has 0 fully saturated rings. The maximum Gasteiger partial charge on any atom is 0.182 e. The summed E-state index contributed by atoms with van der Waals surface area (Å²) in [6.07, 6.45) is 0.836. The minimum Gasteiger partial charge on any atom is -0.368 e. The molecule has 5 nitrogen and oxygen atoms in total. The number of hydrogen-bond acceptors (Lipinski definition) is 4. The number of ether oxygens (including phenoxy) is 1. The third-order valence-electron chi connectivity index (χ3n) is 2.34. The fourth-order valence-corrected chi connectivity index (χ4v) is 1.27. The number of aromatic nitrogens is 3. The van der Waals surface area contributed by atoms with Gasteiger partial charge in [-0.2, -0.15) is 5.10 Å². The van der Waals surface area contributed by atoms with Gasteiger partial charge in [0.15, 0.2) is 5.82 Å². The summed E-state index contributed by atoms with van der Waals surface area (Å²) < 4.78 is 5.64. The Morgan fingerprint density at radius 3 is 2.64 bits per heavy atom. The summed E-state index contributed by atoms with van der Waals surface area (Å²) in [6, 6.07) is 0. The molecule has 0 saturated carbocycles. The molecule has 1 aromatic heterocycles. The average Bonchev–Trinajstić information content (AvgIpc) is 2.66. The van der Waals surface area contributed by atoms with Crippen LogP contribution < -0.4 is 5.73 Å². The smallest absolute Gasteiger partial charge is 0.182 e. The summed E-state index contributed by atoms with van der Waals surface area (Å²) in [4.78, 5) is 4.27. The highest BCUT2D eigenvalue weighted by atomic mass is 16.5. The molecule has 0 radical (unpaired) electrons. The fraction of sp³-hybridized carbons (Fsp3) is 0.778. The topological polar surface area (TPSA) is 76.8 Å². The molecule has 1 heterocycles. The standard InChI is InChI=1S/C9H18N4O/c1-4-9(3,14-5-2)8-11-7(6-10)12-13-8/h4-6,10H2,1-3H3,(H,11,12,13). The van der Waals surface area contributed by atoms with Crippen LogP contribution in [0.4, 0.5) is 0 Å². The van der Waals surface area contributed by atoms with Crippen LogP contribution in [0.1, 0.15) is 38.8 Å². The van der Waals surface area contributed by atoms with Crippen LogP contribution in [0.15, 0.2) is 0 Å². The van der Waals surface area contributed by atoms with Gasteiger partial charge in [0.1, 0.15) is 11.4 Å². The molecule has 0 aliphatic rings. The first-order valence-corrected chi connectivity index (χ1v) is 4.92. The molecule has 1 atom stereocenters. The number of H-pyrrole nitrogens is 1. The predicted molar refractivity (Wildman–Crippen MR) is 53.5 cm³/mol. The summed E-state index contributed by atoms with van der Waals surface area (Å²) in [6.45, 7) is 7.02. The fourth-order valence-electron chi connectivity index (χ4n) is 1.27. The van der Waals surface area contributed by atoms with E-state index >= 15 is 0 Å². The first-order chi connectivity index (χ1) is 6.66. The van der Waals surface area contributed by atoms with Crippen LogP contribution in [0.25, 0.3) is 0 Å². The van der Waals surface area contributed by atoms with Crippen LogP contribution in [-0.4, -0.2) is 21.8 Å². The Kier molecular flexibility index (Phi) is 3.60. The van der Waals surface area contributed by atoms with Crippen molar-refractivity contribution < 1.29 is 4.74 Å². The largest absolute Gasteiger partial charge is 0.368 e. The highest BCUT2D eigenvalue weighted by Gasteiger charge is 2.29. The molecular weight excluding hydrogens is 180 g/mol. The predicted octanol–water partition coefficient (Wildman–Crippen LogP) is 0.925. The molecule has 1 unspecified atom stereocenters. The molecule has 5 heteroatoms. The Balaban J connectivity index is 2.87. The average molecular weight is 198 g/mol. The van der Waals surface area contributed by atoms with Crippen molar-refractivity contribution in [2.24, 2.45) is 5.73 Å². The second kappa shape index (κ2) is 4.52. The van der Waals surface area contributed by atoms with Gasteiger partial charge in [0.25, 0.3) is 0 Å². The summed E-state index contributed by atoms with van der Waals surface area (Å²) in [5.74, 6) is 1.38. The van der Waals surface area contributed by atoms with E-state index in [0.29, 0.717) is 24.8 Å². The molecule has 3 N–H and O–H groups in total. The molecule has 0 aliphatic carbocycles. The van der Waals surface area contributed by atoms with Crippen LogP contribution in [0, 0.1) is 0 Å². The molecule has 0 bridgehead atoms. The van der Waals surface area contributed by atoms with Gasteiger partial charge < -0.3 is 10.5 Å². The van der Waals surface area contributed by atoms with Gasteiger partial charge in [-0.25, -0.2) is 4.98 Å². The third kappa shape index (κ3) is 2.10. The minimum absolute atomic E-state index is 0.374. The van der Waals surface area contributed by atoms with Gasteiger partial charge in [0.2, 0.25) is 0 Å². The molecule has 14 heavy (non-hydrogen) atoms. The zero-order valence-corrected chi connectivity index (χ0v) is 9.00. The van der Waals surface area contributed by atoms with E-state index in [0.717, 1.165) is 6.42 Å². The van der Waals surface area contributed by atoms with Crippen LogP contribution in [0.5, 0.6) is 0 Å².